The van der Waals surface area contributed by atoms with Gasteiger partial charge in [0, 0.05) is 10.7 Å². The number of nitrogens with one attached hydrogen (secondary N) is 1. The molecule has 0 bridgehead atoms. The van der Waals surface area contributed by atoms with Crippen LogP contribution in [0.3, 0.4) is 0 Å². The van der Waals surface area contributed by atoms with Crippen molar-refractivity contribution in [3.63, 3.8) is 0 Å². The van der Waals surface area contributed by atoms with Crippen LogP contribution in [-0.2, 0) is 14.8 Å². The molecule has 2 aromatic carbocycles. The second-order valence-corrected chi connectivity index (χ2v) is 8.21. The van der Waals surface area contributed by atoms with Gasteiger partial charge in [-0.3, -0.25) is 9.10 Å². The number of carbonyl (C=O) groups is 1. The molecular formula is C18H21ClN2O4S. The molecule has 8 heteroatoms. The molecule has 1 amide bonds. The van der Waals surface area contributed by atoms with E-state index in [1.54, 1.807) is 24.3 Å². The molecule has 26 heavy (non-hydrogen) atoms. The van der Waals surface area contributed by atoms with Crippen LogP contribution in [-0.4, -0.2) is 33.7 Å². The minimum absolute atomic E-state index is 0.203. The Labute approximate surface area is 158 Å². The topological polar surface area (TPSA) is 75.7 Å². The maximum atomic E-state index is 12.7. The summed E-state index contributed by atoms with van der Waals surface area (Å²) in [7, 11) is -2.36. The van der Waals surface area contributed by atoms with Gasteiger partial charge in [-0.2, -0.15) is 0 Å². The monoisotopic (exact) mass is 396 g/mol. The van der Waals surface area contributed by atoms with Crippen molar-refractivity contribution in [3.8, 4) is 5.75 Å². The number of carbonyl (C=O) groups excluding carboxylic acids is 1. The van der Waals surface area contributed by atoms with Crippen molar-refractivity contribution < 1.29 is 17.9 Å². The molecule has 0 aliphatic carbocycles. The first kappa shape index (κ1) is 20.1. The van der Waals surface area contributed by atoms with E-state index in [2.05, 4.69) is 5.32 Å². The number of hydrogen-bond donors (Lipinski definition) is 1. The van der Waals surface area contributed by atoms with Crippen molar-refractivity contribution in [2.75, 3.05) is 23.0 Å². The average molecular weight is 397 g/mol. The predicted octanol–water partition coefficient (Wildman–Crippen LogP) is 3.45. The third-order valence-corrected chi connectivity index (χ3v) is 5.22. The van der Waals surface area contributed by atoms with Gasteiger partial charge in [-0.1, -0.05) is 23.7 Å². The Morgan fingerprint density at radius 3 is 2.50 bits per heavy atom. The molecular weight excluding hydrogens is 376 g/mol. The fourth-order valence-electron chi connectivity index (χ4n) is 2.59. The fourth-order valence-corrected chi connectivity index (χ4v) is 3.92. The number of rotatable bonds is 6. The van der Waals surface area contributed by atoms with Crippen molar-refractivity contribution in [2.45, 2.75) is 19.9 Å². The van der Waals surface area contributed by atoms with Crippen molar-refractivity contribution in [3.05, 3.63) is 53.1 Å². The summed E-state index contributed by atoms with van der Waals surface area (Å²) >= 11 is 6.02. The highest BCUT2D eigenvalue weighted by Crippen LogP contribution is 2.34. The first-order valence-electron chi connectivity index (χ1n) is 7.84. The number of aryl methyl sites for hydroxylation is 1. The summed E-state index contributed by atoms with van der Waals surface area (Å²) < 4.78 is 31.1. The zero-order chi connectivity index (χ0) is 19.5. The van der Waals surface area contributed by atoms with E-state index in [0.29, 0.717) is 16.5 Å². The molecule has 0 aromatic heterocycles. The fraction of sp³-hybridized carbons (Fsp3) is 0.278. The van der Waals surface area contributed by atoms with Gasteiger partial charge in [0.25, 0.3) is 0 Å². The van der Waals surface area contributed by atoms with Gasteiger partial charge < -0.3 is 10.1 Å². The summed E-state index contributed by atoms with van der Waals surface area (Å²) in [4.78, 5) is 12.7. The van der Waals surface area contributed by atoms with Crippen LogP contribution in [0, 0.1) is 6.92 Å². The molecule has 0 saturated heterocycles. The highest BCUT2D eigenvalue weighted by molar-refractivity contribution is 7.92. The number of halogens is 1. The Kier molecular flexibility index (Phi) is 6.15. The van der Waals surface area contributed by atoms with E-state index in [9.17, 15) is 13.2 Å². The number of benzene rings is 2. The minimum atomic E-state index is -3.78. The van der Waals surface area contributed by atoms with E-state index in [1.807, 2.05) is 19.1 Å². The second-order valence-electron chi connectivity index (χ2n) is 5.91. The summed E-state index contributed by atoms with van der Waals surface area (Å²) in [6, 6.07) is 10.8. The van der Waals surface area contributed by atoms with Gasteiger partial charge in [0.2, 0.25) is 15.9 Å². The molecule has 0 aliphatic rings. The van der Waals surface area contributed by atoms with E-state index in [-0.39, 0.29) is 5.69 Å². The molecule has 0 radical (unpaired) electrons. The van der Waals surface area contributed by atoms with Gasteiger partial charge in [-0.15, -0.1) is 0 Å². The molecule has 6 nitrogen and oxygen atoms in total. The molecule has 1 N–H and O–H groups in total. The van der Waals surface area contributed by atoms with Crippen molar-refractivity contribution in [1.82, 2.24) is 0 Å². The van der Waals surface area contributed by atoms with Crippen LogP contribution in [0.4, 0.5) is 11.4 Å². The largest absolute Gasteiger partial charge is 0.495 e. The molecule has 0 saturated carbocycles. The van der Waals surface area contributed by atoms with E-state index in [1.165, 1.54) is 20.1 Å². The van der Waals surface area contributed by atoms with Crippen molar-refractivity contribution >= 4 is 38.9 Å². The van der Waals surface area contributed by atoms with E-state index in [4.69, 9.17) is 16.3 Å². The minimum Gasteiger partial charge on any atom is -0.495 e. The van der Waals surface area contributed by atoms with Crippen LogP contribution < -0.4 is 14.4 Å². The first-order chi connectivity index (χ1) is 12.1. The van der Waals surface area contributed by atoms with E-state index in [0.717, 1.165) is 16.1 Å². The zero-order valence-corrected chi connectivity index (χ0v) is 16.6. The van der Waals surface area contributed by atoms with Gasteiger partial charge >= 0.3 is 0 Å². The quantitative estimate of drug-likeness (QED) is 0.811. The van der Waals surface area contributed by atoms with Crippen LogP contribution in [0.15, 0.2) is 42.5 Å². The van der Waals surface area contributed by atoms with Crippen molar-refractivity contribution in [2.24, 2.45) is 0 Å². The number of nitrogens with zero attached hydrogens (tertiary/aromatic N) is 1. The molecule has 0 fully saturated rings. The Bertz CT molecular complexity index is 915. The number of ether oxygens (including phenoxy) is 1. The van der Waals surface area contributed by atoms with Crippen molar-refractivity contribution in [1.29, 1.82) is 0 Å². The zero-order valence-electron chi connectivity index (χ0n) is 15.0. The Morgan fingerprint density at radius 2 is 1.92 bits per heavy atom. The summed E-state index contributed by atoms with van der Waals surface area (Å²) in [5, 5.41) is 3.07. The molecule has 0 aliphatic heterocycles. The summed E-state index contributed by atoms with van der Waals surface area (Å²) in [6.45, 7) is 3.41. The average Bonchev–Trinajstić information content (AvgIpc) is 2.54. The lowest BCUT2D eigenvalue weighted by molar-refractivity contribution is -0.116. The maximum Gasteiger partial charge on any atom is 0.247 e. The number of sulfonamides is 1. The Hall–Kier alpha value is -2.25. The van der Waals surface area contributed by atoms with E-state index < -0.39 is 22.0 Å². The summed E-state index contributed by atoms with van der Waals surface area (Å²) in [5.74, 6) is -0.168. The molecule has 0 unspecified atom stereocenters. The van der Waals surface area contributed by atoms with Crippen LogP contribution in [0.5, 0.6) is 5.75 Å². The Balaban J connectivity index is 2.41. The SMILES string of the molecule is COc1ccc(Cl)cc1N([C@@H](C)C(=O)Nc1cccc(C)c1)S(C)(=O)=O. The first-order valence-corrected chi connectivity index (χ1v) is 10.1. The molecule has 140 valence electrons. The predicted molar refractivity (Wildman–Crippen MR) is 105 cm³/mol. The van der Waals surface area contributed by atoms with Crippen LogP contribution in [0.1, 0.15) is 12.5 Å². The Morgan fingerprint density at radius 1 is 1.23 bits per heavy atom. The van der Waals surface area contributed by atoms with Crippen LogP contribution in [0.2, 0.25) is 5.02 Å². The molecule has 2 aromatic rings. The third-order valence-electron chi connectivity index (χ3n) is 3.75. The van der Waals surface area contributed by atoms with Gasteiger partial charge in [0.15, 0.2) is 0 Å². The molecule has 2 rings (SSSR count). The smallest absolute Gasteiger partial charge is 0.247 e. The second kappa shape index (κ2) is 7.97. The number of amides is 1. The molecule has 1 atom stereocenters. The van der Waals surface area contributed by atoms with Gasteiger partial charge in [-0.25, -0.2) is 8.42 Å². The number of methoxy groups -OCH3 is 1. The number of anilines is 2. The van der Waals surface area contributed by atoms with Gasteiger partial charge in [0.1, 0.15) is 11.8 Å². The normalized spacial score (nSPS) is 12.3. The molecule has 0 heterocycles. The van der Waals surface area contributed by atoms with Crippen LogP contribution >= 0.6 is 11.6 Å². The lowest BCUT2D eigenvalue weighted by Crippen LogP contribution is -2.45. The lowest BCUT2D eigenvalue weighted by Gasteiger charge is -2.29. The van der Waals surface area contributed by atoms with Gasteiger partial charge in [-0.05, 0) is 49.7 Å². The summed E-state index contributed by atoms with van der Waals surface area (Å²) in [5.41, 5.74) is 1.77. The standard InChI is InChI=1S/C18H21ClN2O4S/c1-12-6-5-7-15(10-12)20-18(22)13(2)21(26(4,23)24)16-11-14(19)8-9-17(16)25-3/h5-11,13H,1-4H3,(H,20,22)/t13-/m0/s1. The van der Waals surface area contributed by atoms with Gasteiger partial charge in [0.05, 0.1) is 19.1 Å². The third kappa shape index (κ3) is 4.68. The van der Waals surface area contributed by atoms with Crippen LogP contribution in [0.25, 0.3) is 0 Å². The van der Waals surface area contributed by atoms with E-state index >= 15 is 0 Å². The number of hydrogen-bond acceptors (Lipinski definition) is 4. The maximum absolute atomic E-state index is 12.7. The highest BCUT2D eigenvalue weighted by atomic mass is 35.5. The summed E-state index contributed by atoms with van der Waals surface area (Å²) in [6.07, 6.45) is 1.03. The lowest BCUT2D eigenvalue weighted by atomic mass is 10.2. The highest BCUT2D eigenvalue weighted by Gasteiger charge is 2.31. The molecule has 0 spiro atoms.